The van der Waals surface area contributed by atoms with Crippen molar-refractivity contribution in [3.63, 3.8) is 0 Å². The average Bonchev–Trinajstić information content (AvgIpc) is 3.11. The van der Waals surface area contributed by atoms with Crippen LogP contribution in [0.1, 0.15) is 27.0 Å². The van der Waals surface area contributed by atoms with E-state index in [0.29, 0.717) is 0 Å². The van der Waals surface area contributed by atoms with Gasteiger partial charge in [0.2, 0.25) is 5.82 Å². The molecular formula is C22H26F4N3O9P. The number of esters is 1. The van der Waals surface area contributed by atoms with Crippen LogP contribution in [0, 0.1) is 5.82 Å². The van der Waals surface area contributed by atoms with Gasteiger partial charge in [0.05, 0.1) is 18.9 Å². The predicted octanol–water partition coefficient (Wildman–Crippen LogP) is 2.04. The van der Waals surface area contributed by atoms with Gasteiger partial charge >= 0.3 is 19.4 Å². The Morgan fingerprint density at radius 3 is 2.49 bits per heavy atom. The van der Waals surface area contributed by atoms with Crippen LogP contribution in [0.15, 0.2) is 46.1 Å². The molecule has 12 nitrogen and oxygen atoms in total. The Morgan fingerprint density at radius 1 is 1.26 bits per heavy atom. The van der Waals surface area contributed by atoms with Crippen LogP contribution in [0.5, 0.6) is 5.75 Å². The van der Waals surface area contributed by atoms with Crippen molar-refractivity contribution in [3.8, 4) is 5.75 Å². The largest absolute Gasteiger partial charge is 0.462 e. The molecule has 1 aliphatic heterocycles. The Hall–Kier alpha value is -3.04. The van der Waals surface area contributed by atoms with Crippen molar-refractivity contribution in [2.75, 3.05) is 6.61 Å². The molecule has 1 aromatic carbocycles. The highest BCUT2D eigenvalue weighted by atomic mass is 31.2. The summed E-state index contributed by atoms with van der Waals surface area (Å²) in [6.45, 7) is 2.78. The molecule has 0 bridgehead atoms. The van der Waals surface area contributed by atoms with E-state index in [9.17, 15) is 37.2 Å². The van der Waals surface area contributed by atoms with E-state index in [2.05, 4.69) is 5.09 Å². The van der Waals surface area contributed by atoms with Gasteiger partial charge in [-0.15, -0.1) is 0 Å². The molecule has 0 amide bonds. The zero-order valence-electron chi connectivity index (χ0n) is 20.8. The molecule has 6 atom stereocenters. The fourth-order valence-corrected chi connectivity index (χ4v) is 5.06. The summed E-state index contributed by atoms with van der Waals surface area (Å²) in [4.78, 5) is 37.2. The molecule has 0 radical (unpaired) electrons. The van der Waals surface area contributed by atoms with Gasteiger partial charge in [-0.2, -0.15) is 9.48 Å². The Balaban J connectivity index is 1.92. The molecule has 1 saturated heterocycles. The van der Waals surface area contributed by atoms with Crippen LogP contribution in [0.25, 0.3) is 0 Å². The topological polar surface area (TPSA) is 158 Å². The molecule has 1 aromatic heterocycles. The third-order valence-electron chi connectivity index (χ3n) is 5.45. The van der Waals surface area contributed by atoms with Gasteiger partial charge in [-0.25, -0.2) is 22.5 Å². The van der Waals surface area contributed by atoms with Gasteiger partial charge < -0.3 is 19.1 Å². The van der Waals surface area contributed by atoms with E-state index < -0.39 is 80.1 Å². The average molecular weight is 583 g/mol. The van der Waals surface area contributed by atoms with E-state index in [-0.39, 0.29) is 16.5 Å². The molecule has 2 heterocycles. The van der Waals surface area contributed by atoms with E-state index in [1.165, 1.54) is 36.2 Å². The van der Waals surface area contributed by atoms with Crippen LogP contribution < -0.4 is 20.9 Å². The predicted molar refractivity (Wildman–Crippen MR) is 125 cm³/mol. The first kappa shape index (κ1) is 30.5. The van der Waals surface area contributed by atoms with Gasteiger partial charge in [-0.05, 0) is 32.9 Å². The van der Waals surface area contributed by atoms with Crippen molar-refractivity contribution in [1.82, 2.24) is 14.6 Å². The summed E-state index contributed by atoms with van der Waals surface area (Å²) in [5.41, 5.74) is -6.19. The van der Waals surface area contributed by atoms with Crippen LogP contribution >= 0.6 is 7.75 Å². The second kappa shape index (κ2) is 12.0. The van der Waals surface area contributed by atoms with E-state index in [1.807, 2.05) is 0 Å². The number of aromatic nitrogens is 2. The highest BCUT2D eigenvalue weighted by molar-refractivity contribution is 7.52. The first-order chi connectivity index (χ1) is 18.2. The van der Waals surface area contributed by atoms with E-state index >= 15 is 4.39 Å². The molecule has 0 aliphatic carbocycles. The number of rotatable bonds is 11. The highest BCUT2D eigenvalue weighted by Gasteiger charge is 2.63. The van der Waals surface area contributed by atoms with Gasteiger partial charge in [-0.3, -0.25) is 23.7 Å². The number of aliphatic hydroxyl groups excluding tert-OH is 1. The van der Waals surface area contributed by atoms with Crippen LogP contribution in [0.2, 0.25) is 0 Å². The molecule has 3 N–H and O–H groups in total. The summed E-state index contributed by atoms with van der Waals surface area (Å²) < 4.78 is 91.8. The second-order valence-electron chi connectivity index (χ2n) is 8.81. The zero-order valence-corrected chi connectivity index (χ0v) is 21.6. The van der Waals surface area contributed by atoms with Gasteiger partial charge in [0, 0.05) is 0 Å². The summed E-state index contributed by atoms with van der Waals surface area (Å²) in [5.74, 6) is -2.52. The number of halogens is 4. The summed E-state index contributed by atoms with van der Waals surface area (Å²) in [5, 5.41) is 12.5. The molecule has 1 aliphatic rings. The number of ether oxygens (including phenoxy) is 2. The monoisotopic (exact) mass is 583 g/mol. The number of H-pyrrole nitrogens is 1. The second-order valence-corrected chi connectivity index (χ2v) is 10.5. The lowest BCUT2D eigenvalue weighted by molar-refractivity contribution is -0.183. The number of aromatic amines is 1. The van der Waals surface area contributed by atoms with Gasteiger partial charge in [-0.1, -0.05) is 18.2 Å². The molecular weight excluding hydrogens is 557 g/mol. The zero-order chi connectivity index (χ0) is 29.1. The minimum Gasteiger partial charge on any atom is -0.462 e. The van der Waals surface area contributed by atoms with E-state index in [0.717, 1.165) is 0 Å². The molecule has 2 aromatic rings. The molecule has 39 heavy (non-hydrogen) atoms. The molecule has 216 valence electrons. The Kier molecular flexibility index (Phi) is 9.39. The number of carbonyl (C=O) groups is 1. The normalized spacial score (nSPS) is 25.4. The maximum atomic E-state index is 15.2. The molecule has 0 spiro atoms. The number of hydrogen-bond donors (Lipinski definition) is 3. The fourth-order valence-electron chi connectivity index (χ4n) is 3.53. The quantitative estimate of drug-likeness (QED) is 0.203. The SMILES string of the molecule is CC(C)OC(=O)C(C)NP(=O)(OCC1(C(F)F)OC(n2cc(F)c(=O)[nH]c2=O)C(O)C1F)Oc1ccccc1. The minimum atomic E-state index is -4.78. The number of nitrogens with one attached hydrogen (secondary N) is 2. The lowest BCUT2D eigenvalue weighted by atomic mass is 9.98. The maximum Gasteiger partial charge on any atom is 0.459 e. The van der Waals surface area contributed by atoms with Gasteiger partial charge in [0.25, 0.3) is 12.0 Å². The van der Waals surface area contributed by atoms with Crippen molar-refractivity contribution in [3.05, 3.63) is 63.2 Å². The summed E-state index contributed by atoms with van der Waals surface area (Å²) >= 11 is 0. The smallest absolute Gasteiger partial charge is 0.459 e. The van der Waals surface area contributed by atoms with E-state index in [1.54, 1.807) is 19.9 Å². The summed E-state index contributed by atoms with van der Waals surface area (Å²) in [6, 6.07) is 5.85. The summed E-state index contributed by atoms with van der Waals surface area (Å²) in [7, 11) is -4.78. The number of aliphatic hydroxyl groups is 1. The number of nitrogens with zero attached hydrogens (tertiary/aromatic N) is 1. The highest BCUT2D eigenvalue weighted by Crippen LogP contribution is 2.49. The lowest BCUT2D eigenvalue weighted by Gasteiger charge is -2.31. The fraction of sp³-hybridized carbons (Fsp3) is 0.500. The molecule has 6 unspecified atom stereocenters. The molecule has 0 saturated carbocycles. The Labute approximate surface area is 218 Å². The van der Waals surface area contributed by atoms with Crippen molar-refractivity contribution in [2.45, 2.75) is 63.4 Å². The Bertz CT molecular complexity index is 1330. The van der Waals surface area contributed by atoms with Crippen LogP contribution in [-0.4, -0.2) is 63.7 Å². The third-order valence-corrected chi connectivity index (χ3v) is 7.08. The molecule has 17 heteroatoms. The van der Waals surface area contributed by atoms with Crippen molar-refractivity contribution in [2.24, 2.45) is 0 Å². The number of benzene rings is 1. The first-order valence-electron chi connectivity index (χ1n) is 11.5. The van der Waals surface area contributed by atoms with Crippen molar-refractivity contribution in [1.29, 1.82) is 0 Å². The molecule has 1 fully saturated rings. The summed E-state index contributed by atoms with van der Waals surface area (Å²) in [6.07, 6.45) is -11.8. The molecule has 3 rings (SSSR count). The minimum absolute atomic E-state index is 0.0822. The number of para-hydroxylation sites is 1. The number of alkyl halides is 3. The Morgan fingerprint density at radius 2 is 1.90 bits per heavy atom. The van der Waals surface area contributed by atoms with Gasteiger partial charge in [0.1, 0.15) is 17.9 Å². The van der Waals surface area contributed by atoms with Crippen molar-refractivity contribution < 1.29 is 50.5 Å². The van der Waals surface area contributed by atoms with Gasteiger partial charge in [0.15, 0.2) is 18.0 Å². The number of hydrogen-bond acceptors (Lipinski definition) is 9. The van der Waals surface area contributed by atoms with E-state index in [4.69, 9.17) is 18.5 Å². The third kappa shape index (κ3) is 6.76. The first-order valence-corrected chi connectivity index (χ1v) is 13.0. The van der Waals surface area contributed by atoms with Crippen LogP contribution in [0.3, 0.4) is 0 Å². The number of carbonyl (C=O) groups excluding carboxylic acids is 1. The van der Waals surface area contributed by atoms with Crippen molar-refractivity contribution >= 4 is 13.7 Å². The lowest BCUT2D eigenvalue weighted by Crippen LogP contribution is -2.51. The van der Waals surface area contributed by atoms with Crippen LogP contribution in [-0.2, 0) is 23.4 Å². The van der Waals surface area contributed by atoms with Crippen LogP contribution in [0.4, 0.5) is 17.6 Å². The maximum absolute atomic E-state index is 15.2. The standard InChI is InChI=1S/C22H26F4N3O9P/c1-11(2)36-19(32)12(3)28-39(34,38-13-7-5-4-6-8-13)35-10-22(20(25)26)16(24)15(30)18(37-22)29-9-14(23)17(31)27-21(29)33/h4-9,11-12,15-16,18,20,30H,10H2,1-3H3,(H,28,34)(H,27,31,33).